The summed E-state index contributed by atoms with van der Waals surface area (Å²) in [4.78, 5) is 24.4. The standard InChI is InChI=1S/C21H26ClN3O2/c1-13-6-5-7-14(2)20(13)25-19(26)12-23-21(27)16(4)24-15(3)17-8-10-18(22)11-9-17/h5-11,15-16,24H,12H2,1-4H3,(H,23,27)(H,25,26)/t15-,16-/m1/s1. The largest absolute Gasteiger partial charge is 0.346 e. The molecule has 6 heteroatoms. The van der Waals surface area contributed by atoms with Crippen molar-refractivity contribution >= 4 is 29.1 Å². The topological polar surface area (TPSA) is 70.2 Å². The van der Waals surface area contributed by atoms with Crippen molar-refractivity contribution < 1.29 is 9.59 Å². The van der Waals surface area contributed by atoms with Gasteiger partial charge in [-0.3, -0.25) is 14.9 Å². The van der Waals surface area contributed by atoms with Crippen LogP contribution in [0.2, 0.25) is 5.02 Å². The molecule has 2 aromatic carbocycles. The summed E-state index contributed by atoms with van der Waals surface area (Å²) in [5.41, 5.74) is 3.80. The predicted molar refractivity (Wildman–Crippen MR) is 110 cm³/mol. The molecule has 0 bridgehead atoms. The van der Waals surface area contributed by atoms with Gasteiger partial charge in [0.25, 0.3) is 0 Å². The second-order valence-corrected chi connectivity index (χ2v) is 7.13. The molecule has 2 amide bonds. The van der Waals surface area contributed by atoms with Gasteiger partial charge in [-0.2, -0.15) is 0 Å². The Hall–Kier alpha value is -2.37. The van der Waals surface area contributed by atoms with Crippen molar-refractivity contribution in [2.75, 3.05) is 11.9 Å². The number of amides is 2. The molecule has 0 spiro atoms. The molecule has 0 unspecified atom stereocenters. The Labute approximate surface area is 165 Å². The van der Waals surface area contributed by atoms with Crippen LogP contribution in [0.3, 0.4) is 0 Å². The normalized spacial score (nSPS) is 12.9. The minimum absolute atomic E-state index is 0.0218. The van der Waals surface area contributed by atoms with E-state index in [9.17, 15) is 9.59 Å². The van der Waals surface area contributed by atoms with Gasteiger partial charge >= 0.3 is 0 Å². The van der Waals surface area contributed by atoms with Gasteiger partial charge in [-0.25, -0.2) is 0 Å². The summed E-state index contributed by atoms with van der Waals surface area (Å²) in [5.74, 6) is -0.480. The van der Waals surface area contributed by atoms with Crippen LogP contribution in [0, 0.1) is 13.8 Å². The molecule has 0 heterocycles. The summed E-state index contributed by atoms with van der Waals surface area (Å²) >= 11 is 5.90. The summed E-state index contributed by atoms with van der Waals surface area (Å²) in [6.45, 7) is 7.54. The lowest BCUT2D eigenvalue weighted by molar-refractivity contribution is -0.125. The van der Waals surface area contributed by atoms with E-state index in [4.69, 9.17) is 11.6 Å². The van der Waals surface area contributed by atoms with Crippen molar-refractivity contribution in [3.05, 3.63) is 64.2 Å². The maximum atomic E-state index is 12.3. The van der Waals surface area contributed by atoms with E-state index < -0.39 is 6.04 Å². The number of hydrogen-bond donors (Lipinski definition) is 3. The first kappa shape index (κ1) is 20.9. The predicted octanol–water partition coefficient (Wildman–Crippen LogP) is 3.75. The second kappa shape index (κ2) is 9.53. The van der Waals surface area contributed by atoms with Crippen LogP contribution in [0.5, 0.6) is 0 Å². The molecule has 27 heavy (non-hydrogen) atoms. The first-order valence-electron chi connectivity index (χ1n) is 8.93. The Morgan fingerprint density at radius 3 is 2.19 bits per heavy atom. The molecule has 0 fully saturated rings. The number of carbonyl (C=O) groups excluding carboxylic acids is 2. The van der Waals surface area contributed by atoms with Gasteiger partial charge in [-0.15, -0.1) is 0 Å². The van der Waals surface area contributed by atoms with Gasteiger partial charge in [0.1, 0.15) is 0 Å². The maximum Gasteiger partial charge on any atom is 0.243 e. The minimum atomic E-state index is -0.441. The lowest BCUT2D eigenvalue weighted by Crippen LogP contribution is -2.45. The molecule has 144 valence electrons. The van der Waals surface area contributed by atoms with Gasteiger partial charge in [0.05, 0.1) is 12.6 Å². The quantitative estimate of drug-likeness (QED) is 0.677. The number of benzene rings is 2. The lowest BCUT2D eigenvalue weighted by atomic mass is 10.1. The highest BCUT2D eigenvalue weighted by molar-refractivity contribution is 6.30. The monoisotopic (exact) mass is 387 g/mol. The van der Waals surface area contributed by atoms with E-state index in [2.05, 4.69) is 16.0 Å². The molecule has 0 aliphatic carbocycles. The fourth-order valence-electron chi connectivity index (χ4n) is 2.81. The van der Waals surface area contributed by atoms with Crippen LogP contribution in [-0.4, -0.2) is 24.4 Å². The second-order valence-electron chi connectivity index (χ2n) is 6.69. The van der Waals surface area contributed by atoms with Crippen LogP contribution in [0.1, 0.15) is 36.6 Å². The molecule has 0 aliphatic heterocycles. The highest BCUT2D eigenvalue weighted by atomic mass is 35.5. The third-order valence-corrected chi connectivity index (χ3v) is 4.68. The van der Waals surface area contributed by atoms with Crippen LogP contribution in [0.4, 0.5) is 5.69 Å². The molecule has 2 aromatic rings. The Bertz CT molecular complexity index is 785. The summed E-state index contributed by atoms with van der Waals surface area (Å²) < 4.78 is 0. The number of carbonyl (C=O) groups is 2. The summed E-state index contributed by atoms with van der Waals surface area (Å²) in [7, 11) is 0. The lowest BCUT2D eigenvalue weighted by Gasteiger charge is -2.20. The van der Waals surface area contributed by atoms with E-state index in [1.165, 1.54) is 0 Å². The molecule has 0 saturated heterocycles. The highest BCUT2D eigenvalue weighted by Crippen LogP contribution is 2.19. The SMILES string of the molecule is Cc1cccc(C)c1NC(=O)CNC(=O)[C@@H](C)N[C@H](C)c1ccc(Cl)cc1. The van der Waals surface area contributed by atoms with E-state index in [1.54, 1.807) is 6.92 Å². The molecular weight excluding hydrogens is 362 g/mol. The zero-order valence-electron chi connectivity index (χ0n) is 16.1. The number of hydrogen-bond acceptors (Lipinski definition) is 3. The number of nitrogens with one attached hydrogen (secondary N) is 3. The average Bonchev–Trinajstić information content (AvgIpc) is 2.63. The Morgan fingerprint density at radius 2 is 1.59 bits per heavy atom. The van der Waals surface area contributed by atoms with Gasteiger partial charge in [0.15, 0.2) is 0 Å². The molecule has 0 aromatic heterocycles. The highest BCUT2D eigenvalue weighted by Gasteiger charge is 2.17. The van der Waals surface area contributed by atoms with Crippen molar-refractivity contribution in [3.63, 3.8) is 0 Å². The molecule has 0 aliphatic rings. The van der Waals surface area contributed by atoms with Crippen molar-refractivity contribution in [1.82, 2.24) is 10.6 Å². The van der Waals surface area contributed by atoms with Crippen LogP contribution >= 0.6 is 11.6 Å². The van der Waals surface area contributed by atoms with Crippen LogP contribution in [0.25, 0.3) is 0 Å². The van der Waals surface area contributed by atoms with Crippen LogP contribution < -0.4 is 16.0 Å². The van der Waals surface area contributed by atoms with Gasteiger partial charge in [0, 0.05) is 16.8 Å². The van der Waals surface area contributed by atoms with Gasteiger partial charge < -0.3 is 10.6 Å². The molecular formula is C21H26ClN3O2. The van der Waals surface area contributed by atoms with E-state index in [1.807, 2.05) is 63.2 Å². The summed E-state index contributed by atoms with van der Waals surface area (Å²) in [6.07, 6.45) is 0. The van der Waals surface area contributed by atoms with Crippen molar-refractivity contribution in [2.45, 2.75) is 39.8 Å². The van der Waals surface area contributed by atoms with Crippen LogP contribution in [0.15, 0.2) is 42.5 Å². The first-order chi connectivity index (χ1) is 12.8. The molecule has 0 saturated carbocycles. The Balaban J connectivity index is 1.83. The van der Waals surface area contributed by atoms with Crippen molar-refractivity contribution in [2.24, 2.45) is 0 Å². The van der Waals surface area contributed by atoms with Gasteiger partial charge in [-0.05, 0) is 56.5 Å². The van der Waals surface area contributed by atoms with Gasteiger partial charge in [-0.1, -0.05) is 41.9 Å². The fourth-order valence-corrected chi connectivity index (χ4v) is 2.94. The van der Waals surface area contributed by atoms with Crippen LogP contribution in [-0.2, 0) is 9.59 Å². The van der Waals surface area contributed by atoms with Crippen molar-refractivity contribution in [1.29, 1.82) is 0 Å². The first-order valence-corrected chi connectivity index (χ1v) is 9.31. The zero-order chi connectivity index (χ0) is 20.0. The molecule has 5 nitrogen and oxygen atoms in total. The van der Waals surface area contributed by atoms with E-state index >= 15 is 0 Å². The van der Waals surface area contributed by atoms with E-state index in [0.29, 0.717) is 5.02 Å². The number of anilines is 1. The summed E-state index contributed by atoms with van der Waals surface area (Å²) in [5, 5.41) is 9.42. The smallest absolute Gasteiger partial charge is 0.243 e. The van der Waals surface area contributed by atoms with Gasteiger partial charge in [0.2, 0.25) is 11.8 Å². The zero-order valence-corrected chi connectivity index (χ0v) is 16.9. The third-order valence-electron chi connectivity index (χ3n) is 4.43. The molecule has 3 N–H and O–H groups in total. The fraction of sp³-hybridized carbons (Fsp3) is 0.333. The molecule has 2 atom stereocenters. The van der Waals surface area contributed by atoms with E-state index in [0.717, 1.165) is 22.4 Å². The van der Waals surface area contributed by atoms with E-state index in [-0.39, 0.29) is 24.4 Å². The summed E-state index contributed by atoms with van der Waals surface area (Å²) in [6, 6.07) is 12.8. The number of rotatable bonds is 7. The number of aryl methyl sites for hydroxylation is 2. The number of para-hydroxylation sites is 1. The Morgan fingerprint density at radius 1 is 1.00 bits per heavy atom. The average molecular weight is 388 g/mol. The number of halogens is 1. The Kier molecular flexibility index (Phi) is 7.39. The third kappa shape index (κ3) is 6.08. The molecule has 0 radical (unpaired) electrons. The van der Waals surface area contributed by atoms with Crippen molar-refractivity contribution in [3.8, 4) is 0 Å². The minimum Gasteiger partial charge on any atom is -0.346 e. The maximum absolute atomic E-state index is 12.3. The molecule has 2 rings (SSSR count).